The number of nitrogens with one attached hydrogen (secondary N) is 1. The Labute approximate surface area is 217 Å². The second kappa shape index (κ2) is 10.1. The van der Waals surface area contributed by atoms with E-state index < -0.39 is 22.0 Å². The number of para-hydroxylation sites is 1. The van der Waals surface area contributed by atoms with Crippen molar-refractivity contribution in [2.45, 2.75) is 11.0 Å². The van der Waals surface area contributed by atoms with Gasteiger partial charge in [-0.1, -0.05) is 41.9 Å². The van der Waals surface area contributed by atoms with E-state index in [2.05, 4.69) is 4.98 Å². The van der Waals surface area contributed by atoms with Gasteiger partial charge in [0.2, 0.25) is 10.0 Å². The Morgan fingerprint density at radius 1 is 1.16 bits per heavy atom. The number of primary amides is 1. The van der Waals surface area contributed by atoms with Crippen LogP contribution in [0.1, 0.15) is 10.5 Å². The second-order valence-corrected chi connectivity index (χ2v) is 10.9. The fourth-order valence-corrected chi connectivity index (χ4v) is 6.36. The molecule has 0 bridgehead atoms. The summed E-state index contributed by atoms with van der Waals surface area (Å²) in [5.74, 6) is -0.746. The second-order valence-electron chi connectivity index (χ2n) is 8.56. The van der Waals surface area contributed by atoms with Crippen LogP contribution in [-0.4, -0.2) is 56.0 Å². The predicted octanol–water partition coefficient (Wildman–Crippen LogP) is 4.19. The first-order valence-corrected chi connectivity index (χ1v) is 13.3. The average Bonchev–Trinajstić information content (AvgIpc) is 3.28. The molecule has 0 spiro atoms. The lowest BCUT2D eigenvalue weighted by atomic mass is 10.0. The number of sulfonamides is 1. The number of carbonyl (C=O) groups is 1. The van der Waals surface area contributed by atoms with Gasteiger partial charge in [-0.25, -0.2) is 12.8 Å². The quantitative estimate of drug-likeness (QED) is 0.363. The van der Waals surface area contributed by atoms with Gasteiger partial charge in [-0.3, -0.25) is 4.79 Å². The molecule has 8 nitrogen and oxygen atoms in total. The number of benzene rings is 3. The summed E-state index contributed by atoms with van der Waals surface area (Å²) in [6.45, 7) is 0.272. The van der Waals surface area contributed by atoms with E-state index in [4.69, 9.17) is 26.8 Å². The largest absolute Gasteiger partial charge is 0.490 e. The number of hydrogen-bond donors (Lipinski definition) is 2. The first-order chi connectivity index (χ1) is 17.7. The minimum Gasteiger partial charge on any atom is -0.490 e. The van der Waals surface area contributed by atoms with Crippen LogP contribution in [0.25, 0.3) is 22.0 Å². The number of aromatic nitrogens is 1. The van der Waals surface area contributed by atoms with E-state index in [9.17, 15) is 17.6 Å². The van der Waals surface area contributed by atoms with Crippen molar-refractivity contribution in [2.75, 3.05) is 26.3 Å². The normalized spacial score (nSPS) is 16.6. The van der Waals surface area contributed by atoms with Crippen molar-refractivity contribution in [1.82, 2.24) is 9.29 Å². The molecule has 0 aliphatic carbocycles. The molecule has 192 valence electrons. The van der Waals surface area contributed by atoms with Gasteiger partial charge in [0.05, 0.1) is 6.61 Å². The number of nitrogens with zero attached hydrogens (tertiary/aromatic N) is 1. The Morgan fingerprint density at radius 3 is 2.76 bits per heavy atom. The zero-order valence-corrected chi connectivity index (χ0v) is 21.1. The number of carbonyl (C=O) groups excluding carboxylic acids is 1. The van der Waals surface area contributed by atoms with Crippen LogP contribution >= 0.6 is 11.6 Å². The third-order valence-corrected chi connectivity index (χ3v) is 8.29. The number of halogens is 2. The van der Waals surface area contributed by atoms with E-state index in [1.807, 2.05) is 12.1 Å². The lowest BCUT2D eigenvalue weighted by Gasteiger charge is -2.32. The molecule has 3 aromatic carbocycles. The third-order valence-electron chi connectivity index (χ3n) is 6.11. The molecule has 1 saturated heterocycles. The highest BCUT2D eigenvalue weighted by atomic mass is 35.5. The smallest absolute Gasteiger partial charge is 0.266 e. The van der Waals surface area contributed by atoms with E-state index in [1.54, 1.807) is 36.4 Å². The van der Waals surface area contributed by atoms with Crippen molar-refractivity contribution in [2.24, 2.45) is 5.73 Å². The monoisotopic (exact) mass is 543 g/mol. The maximum absolute atomic E-state index is 13.8. The Balaban J connectivity index is 1.38. The zero-order chi connectivity index (χ0) is 26.2. The molecule has 37 heavy (non-hydrogen) atoms. The van der Waals surface area contributed by atoms with Crippen LogP contribution in [0.2, 0.25) is 5.02 Å². The number of nitrogens with two attached hydrogens (primary N) is 1. The number of aromatic amines is 1. The number of H-pyrrole nitrogens is 1. The van der Waals surface area contributed by atoms with Gasteiger partial charge in [0.25, 0.3) is 5.91 Å². The average molecular weight is 544 g/mol. The first-order valence-electron chi connectivity index (χ1n) is 11.4. The highest BCUT2D eigenvalue weighted by Gasteiger charge is 2.36. The number of morpholine rings is 1. The lowest BCUT2D eigenvalue weighted by Crippen LogP contribution is -2.47. The first kappa shape index (κ1) is 25.2. The molecule has 1 aromatic heterocycles. The summed E-state index contributed by atoms with van der Waals surface area (Å²) < 4.78 is 54.2. The minimum atomic E-state index is -4.14. The molecular formula is C26H23ClFN3O5S. The van der Waals surface area contributed by atoms with Crippen molar-refractivity contribution < 1.29 is 27.1 Å². The molecule has 2 heterocycles. The van der Waals surface area contributed by atoms with Gasteiger partial charge in [0.15, 0.2) is 0 Å². The Hall–Kier alpha value is -3.44. The molecule has 0 radical (unpaired) electrons. The van der Waals surface area contributed by atoms with Crippen molar-refractivity contribution in [3.05, 3.63) is 83.3 Å². The molecule has 1 amide bonds. The Morgan fingerprint density at radius 2 is 1.97 bits per heavy atom. The minimum absolute atomic E-state index is 0.00406. The number of ether oxygens (including phenoxy) is 2. The van der Waals surface area contributed by atoms with Crippen molar-refractivity contribution in [3.63, 3.8) is 0 Å². The summed E-state index contributed by atoms with van der Waals surface area (Å²) in [5, 5.41) is 0.605. The standard InChI is InChI=1S/C26H23ClFN3O5S/c27-17-8-9-22-21(13-17)25(24(30-22)26(29)32)37(33,34)31-10-11-35-19(14-31)15-36-23-7-2-1-6-20(23)16-4-3-5-18(28)12-16/h1-9,12-13,19,30H,10-11,14-15H2,(H2,29,32)/t19-/m0/s1. The summed E-state index contributed by atoms with van der Waals surface area (Å²) >= 11 is 6.11. The molecule has 1 atom stereocenters. The molecule has 3 N–H and O–H groups in total. The fourth-order valence-electron chi connectivity index (χ4n) is 4.39. The van der Waals surface area contributed by atoms with Crippen LogP contribution in [0.3, 0.4) is 0 Å². The van der Waals surface area contributed by atoms with Gasteiger partial charge >= 0.3 is 0 Å². The molecule has 1 aliphatic heterocycles. The topological polar surface area (TPSA) is 115 Å². The third kappa shape index (κ3) is 5.05. The number of rotatable bonds is 7. The number of amides is 1. The van der Waals surface area contributed by atoms with Crippen LogP contribution in [-0.2, 0) is 14.8 Å². The molecule has 5 rings (SSSR count). The molecule has 1 aliphatic rings. The van der Waals surface area contributed by atoms with Gasteiger partial charge < -0.3 is 20.2 Å². The van der Waals surface area contributed by atoms with Gasteiger partial charge in [0, 0.05) is 34.6 Å². The fraction of sp³-hybridized carbons (Fsp3) is 0.192. The van der Waals surface area contributed by atoms with Gasteiger partial charge in [-0.2, -0.15) is 4.31 Å². The molecule has 11 heteroatoms. The number of fused-ring (bicyclic) bond motifs is 1. The lowest BCUT2D eigenvalue weighted by molar-refractivity contribution is -0.0248. The molecular weight excluding hydrogens is 521 g/mol. The van der Waals surface area contributed by atoms with E-state index in [0.29, 0.717) is 27.4 Å². The van der Waals surface area contributed by atoms with Crippen LogP contribution in [0.15, 0.2) is 71.6 Å². The van der Waals surface area contributed by atoms with Gasteiger partial charge in [-0.05, 0) is 42.0 Å². The molecule has 0 saturated carbocycles. The summed E-state index contributed by atoms with van der Waals surface area (Å²) in [4.78, 5) is 14.7. The van der Waals surface area contributed by atoms with E-state index in [0.717, 1.165) is 0 Å². The van der Waals surface area contributed by atoms with E-state index in [1.165, 1.54) is 22.5 Å². The predicted molar refractivity (Wildman–Crippen MR) is 138 cm³/mol. The summed E-state index contributed by atoms with van der Waals surface area (Å²) in [6.07, 6.45) is -0.588. The summed E-state index contributed by atoms with van der Waals surface area (Å²) in [7, 11) is -4.14. The van der Waals surface area contributed by atoms with E-state index in [-0.39, 0.29) is 48.1 Å². The zero-order valence-electron chi connectivity index (χ0n) is 19.5. The summed E-state index contributed by atoms with van der Waals surface area (Å²) in [6, 6.07) is 18.0. The maximum Gasteiger partial charge on any atom is 0.266 e. The SMILES string of the molecule is NC(=O)c1[nH]c2ccc(Cl)cc2c1S(=O)(=O)N1CCO[C@H](COc2ccccc2-c2cccc(F)c2)C1. The van der Waals surface area contributed by atoms with Crippen LogP contribution in [0, 0.1) is 5.82 Å². The highest BCUT2D eigenvalue weighted by molar-refractivity contribution is 7.89. The van der Waals surface area contributed by atoms with Crippen molar-refractivity contribution >= 4 is 38.4 Å². The maximum atomic E-state index is 13.8. The molecule has 0 unspecified atom stereocenters. The Kier molecular flexibility index (Phi) is 6.91. The number of hydrogen-bond acceptors (Lipinski definition) is 5. The molecule has 1 fully saturated rings. The summed E-state index contributed by atoms with van der Waals surface area (Å²) in [5.41, 5.74) is 7.07. The Bertz CT molecular complexity index is 1590. The highest BCUT2D eigenvalue weighted by Crippen LogP contribution is 2.33. The van der Waals surface area contributed by atoms with Crippen LogP contribution in [0.4, 0.5) is 4.39 Å². The molecule has 4 aromatic rings. The van der Waals surface area contributed by atoms with E-state index >= 15 is 0 Å². The van der Waals surface area contributed by atoms with Crippen LogP contribution in [0.5, 0.6) is 5.75 Å². The van der Waals surface area contributed by atoms with Crippen molar-refractivity contribution in [1.29, 1.82) is 0 Å². The van der Waals surface area contributed by atoms with Gasteiger partial charge in [0.1, 0.15) is 34.9 Å². The van der Waals surface area contributed by atoms with Crippen LogP contribution < -0.4 is 10.5 Å². The van der Waals surface area contributed by atoms with Crippen molar-refractivity contribution in [3.8, 4) is 16.9 Å². The van der Waals surface area contributed by atoms with Gasteiger partial charge in [-0.15, -0.1) is 0 Å².